The van der Waals surface area contributed by atoms with Crippen LogP contribution < -0.4 is 10.2 Å². The van der Waals surface area contributed by atoms with Gasteiger partial charge in [0.05, 0.1) is 0 Å². The Kier molecular flexibility index (Phi) is 2.92. The highest BCUT2D eigenvalue weighted by molar-refractivity contribution is 7.80. The van der Waals surface area contributed by atoms with Crippen LogP contribution in [0.1, 0.15) is 17.5 Å². The van der Waals surface area contributed by atoms with E-state index in [-0.39, 0.29) is 5.91 Å². The van der Waals surface area contributed by atoms with Crippen molar-refractivity contribution in [2.45, 2.75) is 12.8 Å². The van der Waals surface area contributed by atoms with Gasteiger partial charge in [0, 0.05) is 31.8 Å². The molecule has 1 aromatic rings. The average molecular weight is 234 g/mol. The van der Waals surface area contributed by atoms with Gasteiger partial charge in [-0.05, 0) is 30.2 Å². The first-order chi connectivity index (χ1) is 7.63. The van der Waals surface area contributed by atoms with Crippen molar-refractivity contribution < 1.29 is 4.79 Å². The number of hydrogen-bond donors (Lipinski definition) is 1. The molecule has 0 radical (unpaired) electrons. The first-order valence-corrected chi connectivity index (χ1v) is 5.66. The van der Waals surface area contributed by atoms with Crippen molar-refractivity contribution in [3.8, 4) is 0 Å². The van der Waals surface area contributed by atoms with Crippen LogP contribution >= 0.6 is 12.2 Å². The van der Waals surface area contributed by atoms with Crippen LogP contribution in [-0.2, 0) is 11.2 Å². The summed E-state index contributed by atoms with van der Waals surface area (Å²) in [6, 6.07) is 5.98. The van der Waals surface area contributed by atoms with Crippen LogP contribution in [-0.4, -0.2) is 25.0 Å². The van der Waals surface area contributed by atoms with Crippen molar-refractivity contribution >= 4 is 28.8 Å². The number of carbonyl (C=O) groups is 1. The van der Waals surface area contributed by atoms with Crippen LogP contribution in [0, 0.1) is 0 Å². The molecule has 1 amide bonds. The minimum absolute atomic E-state index is 0.177. The molecule has 0 saturated heterocycles. The zero-order valence-electron chi connectivity index (χ0n) is 9.41. The number of aryl methyl sites for hydroxylation is 1. The Morgan fingerprint density at radius 2 is 2.19 bits per heavy atom. The zero-order chi connectivity index (χ0) is 11.7. The Hall–Kier alpha value is -1.42. The SMILES string of the molecule is CNC(=S)c1ccc2c(c1)CCC(=O)N2C. The Balaban J connectivity index is 2.41. The summed E-state index contributed by atoms with van der Waals surface area (Å²) in [6.45, 7) is 0. The van der Waals surface area contributed by atoms with Crippen molar-refractivity contribution in [2.24, 2.45) is 0 Å². The minimum Gasteiger partial charge on any atom is -0.379 e. The zero-order valence-corrected chi connectivity index (χ0v) is 10.2. The van der Waals surface area contributed by atoms with Crippen LogP contribution in [0.4, 0.5) is 5.69 Å². The average Bonchev–Trinajstić information content (AvgIpc) is 2.32. The predicted molar refractivity (Wildman–Crippen MR) is 68.9 cm³/mol. The largest absolute Gasteiger partial charge is 0.379 e. The molecular weight excluding hydrogens is 220 g/mol. The van der Waals surface area contributed by atoms with E-state index in [1.165, 1.54) is 5.56 Å². The van der Waals surface area contributed by atoms with Crippen LogP contribution in [0.2, 0.25) is 0 Å². The van der Waals surface area contributed by atoms with Crippen LogP contribution in [0.25, 0.3) is 0 Å². The molecule has 0 fully saturated rings. The second-order valence-electron chi connectivity index (χ2n) is 3.88. The molecule has 0 spiro atoms. The van der Waals surface area contributed by atoms with Crippen molar-refractivity contribution in [1.82, 2.24) is 5.32 Å². The monoisotopic (exact) mass is 234 g/mol. The van der Waals surface area contributed by atoms with Crippen molar-refractivity contribution in [1.29, 1.82) is 0 Å². The number of benzene rings is 1. The second kappa shape index (κ2) is 4.22. The Bertz CT molecular complexity index is 456. The molecule has 1 aliphatic rings. The lowest BCUT2D eigenvalue weighted by Gasteiger charge is -2.26. The summed E-state index contributed by atoms with van der Waals surface area (Å²) in [5.41, 5.74) is 3.20. The fourth-order valence-electron chi connectivity index (χ4n) is 1.94. The van der Waals surface area contributed by atoms with Gasteiger partial charge in [-0.3, -0.25) is 4.79 Å². The van der Waals surface area contributed by atoms with E-state index in [4.69, 9.17) is 12.2 Å². The van der Waals surface area contributed by atoms with Gasteiger partial charge in [0.2, 0.25) is 5.91 Å². The molecule has 0 bridgehead atoms. The minimum atomic E-state index is 0.177. The molecule has 0 saturated carbocycles. The van der Waals surface area contributed by atoms with Gasteiger partial charge in [-0.25, -0.2) is 0 Å². The lowest BCUT2D eigenvalue weighted by molar-refractivity contribution is -0.118. The van der Waals surface area contributed by atoms with Crippen molar-refractivity contribution in [3.63, 3.8) is 0 Å². The normalized spacial score (nSPS) is 14.6. The first-order valence-electron chi connectivity index (χ1n) is 5.25. The van der Waals surface area contributed by atoms with Crippen molar-refractivity contribution in [2.75, 3.05) is 19.0 Å². The van der Waals surface area contributed by atoms with Gasteiger partial charge in [-0.1, -0.05) is 12.2 Å². The number of hydrogen-bond acceptors (Lipinski definition) is 2. The van der Waals surface area contributed by atoms with Gasteiger partial charge in [-0.2, -0.15) is 0 Å². The number of anilines is 1. The standard InChI is InChI=1S/C12H14N2OS/c1-13-12(16)9-3-5-10-8(7-9)4-6-11(15)14(10)2/h3,5,7H,4,6H2,1-2H3,(H,13,16). The van der Waals surface area contributed by atoms with E-state index >= 15 is 0 Å². The van der Waals surface area contributed by atoms with E-state index in [1.54, 1.807) is 4.90 Å². The summed E-state index contributed by atoms with van der Waals surface area (Å²) in [6.07, 6.45) is 1.39. The molecule has 1 N–H and O–H groups in total. The summed E-state index contributed by atoms with van der Waals surface area (Å²) < 4.78 is 0. The molecule has 84 valence electrons. The van der Waals surface area contributed by atoms with Crippen LogP contribution in [0.3, 0.4) is 0 Å². The van der Waals surface area contributed by atoms with Crippen LogP contribution in [0.15, 0.2) is 18.2 Å². The summed E-state index contributed by atoms with van der Waals surface area (Å²) in [5, 5.41) is 2.96. The highest BCUT2D eigenvalue weighted by atomic mass is 32.1. The second-order valence-corrected chi connectivity index (χ2v) is 4.28. The van der Waals surface area contributed by atoms with E-state index in [1.807, 2.05) is 26.2 Å². The molecule has 4 heteroatoms. The van der Waals surface area contributed by atoms with E-state index in [0.717, 1.165) is 22.7 Å². The Morgan fingerprint density at radius 1 is 1.44 bits per heavy atom. The van der Waals surface area contributed by atoms with E-state index < -0.39 is 0 Å². The fraction of sp³-hybridized carbons (Fsp3) is 0.333. The Labute approximate surface area is 100 Å². The Morgan fingerprint density at radius 3 is 2.88 bits per heavy atom. The molecule has 0 aromatic heterocycles. The summed E-state index contributed by atoms with van der Waals surface area (Å²) >= 11 is 5.19. The lowest BCUT2D eigenvalue weighted by Crippen LogP contribution is -2.31. The molecule has 3 nitrogen and oxygen atoms in total. The summed E-state index contributed by atoms with van der Waals surface area (Å²) in [5.74, 6) is 0.177. The number of nitrogens with one attached hydrogen (secondary N) is 1. The third kappa shape index (κ3) is 1.80. The molecule has 0 atom stereocenters. The van der Waals surface area contributed by atoms with Crippen LogP contribution in [0.5, 0.6) is 0 Å². The molecule has 0 unspecified atom stereocenters. The molecule has 1 aromatic carbocycles. The molecular formula is C12H14N2OS. The molecule has 0 aliphatic carbocycles. The maximum Gasteiger partial charge on any atom is 0.227 e. The fourth-order valence-corrected chi connectivity index (χ4v) is 2.07. The van der Waals surface area contributed by atoms with Gasteiger partial charge < -0.3 is 10.2 Å². The number of thiocarbonyl (C=S) groups is 1. The summed E-state index contributed by atoms with van der Waals surface area (Å²) in [7, 11) is 3.63. The van der Waals surface area contributed by atoms with Gasteiger partial charge in [0.1, 0.15) is 4.99 Å². The van der Waals surface area contributed by atoms with Gasteiger partial charge in [0.15, 0.2) is 0 Å². The molecule has 16 heavy (non-hydrogen) atoms. The third-order valence-electron chi connectivity index (χ3n) is 2.91. The first kappa shape index (κ1) is 11.1. The maximum atomic E-state index is 11.5. The van der Waals surface area contributed by atoms with Gasteiger partial charge in [0.25, 0.3) is 0 Å². The highest BCUT2D eigenvalue weighted by Gasteiger charge is 2.20. The van der Waals surface area contributed by atoms with E-state index in [9.17, 15) is 4.79 Å². The van der Waals surface area contributed by atoms with Gasteiger partial charge in [-0.15, -0.1) is 0 Å². The van der Waals surface area contributed by atoms with Gasteiger partial charge >= 0.3 is 0 Å². The number of amides is 1. The molecule has 1 aliphatic heterocycles. The predicted octanol–water partition coefficient (Wildman–Crippen LogP) is 1.49. The van der Waals surface area contributed by atoms with E-state index in [0.29, 0.717) is 6.42 Å². The maximum absolute atomic E-state index is 11.5. The lowest BCUT2D eigenvalue weighted by atomic mass is 9.99. The molecule has 2 rings (SSSR count). The molecule has 1 heterocycles. The topological polar surface area (TPSA) is 32.3 Å². The van der Waals surface area contributed by atoms with Crippen molar-refractivity contribution in [3.05, 3.63) is 29.3 Å². The third-order valence-corrected chi connectivity index (χ3v) is 3.35. The number of fused-ring (bicyclic) bond motifs is 1. The highest BCUT2D eigenvalue weighted by Crippen LogP contribution is 2.27. The number of nitrogens with zero attached hydrogens (tertiary/aromatic N) is 1. The number of carbonyl (C=O) groups excluding carboxylic acids is 1. The number of rotatable bonds is 1. The summed E-state index contributed by atoms with van der Waals surface area (Å²) in [4.78, 5) is 14.0. The quantitative estimate of drug-likeness (QED) is 0.747. The smallest absolute Gasteiger partial charge is 0.227 e. The van der Waals surface area contributed by atoms with E-state index in [2.05, 4.69) is 11.4 Å².